The van der Waals surface area contributed by atoms with Crippen LogP contribution in [0.3, 0.4) is 0 Å². The first-order chi connectivity index (χ1) is 10.1. The lowest BCUT2D eigenvalue weighted by Gasteiger charge is -2.22. The monoisotopic (exact) mass is 330 g/mol. The van der Waals surface area contributed by atoms with Crippen LogP contribution < -0.4 is 10.5 Å². The molecule has 0 saturated carbocycles. The molecule has 116 valence electrons. The topological polar surface area (TPSA) is 98.7 Å². The van der Waals surface area contributed by atoms with Gasteiger partial charge in [0.25, 0.3) is 10.0 Å². The number of hydrogen-bond acceptors (Lipinski definition) is 6. The zero-order valence-electron chi connectivity index (χ0n) is 11.5. The molecular formula is C12H18N4O3S2. The maximum atomic E-state index is 12.4. The highest BCUT2D eigenvalue weighted by molar-refractivity contribution is 7.89. The highest BCUT2D eigenvalue weighted by atomic mass is 32.2. The SMILES string of the molecule is Nc1nc2sccn2c1S(=O)(=O)NCCC1CCCCO1. The fourth-order valence-electron chi connectivity index (χ4n) is 2.51. The van der Waals surface area contributed by atoms with Crippen LogP contribution in [0.4, 0.5) is 5.82 Å². The predicted octanol–water partition coefficient (Wildman–Crippen LogP) is 1.22. The van der Waals surface area contributed by atoms with E-state index in [4.69, 9.17) is 10.5 Å². The van der Waals surface area contributed by atoms with Gasteiger partial charge in [-0.05, 0) is 25.7 Å². The molecule has 21 heavy (non-hydrogen) atoms. The van der Waals surface area contributed by atoms with Crippen molar-refractivity contribution in [2.24, 2.45) is 0 Å². The molecule has 3 rings (SSSR count). The molecule has 9 heteroatoms. The van der Waals surface area contributed by atoms with Gasteiger partial charge in [-0.1, -0.05) is 0 Å². The molecular weight excluding hydrogens is 312 g/mol. The van der Waals surface area contributed by atoms with Crippen LogP contribution in [0.5, 0.6) is 0 Å². The minimum Gasteiger partial charge on any atom is -0.381 e. The van der Waals surface area contributed by atoms with E-state index < -0.39 is 10.0 Å². The van der Waals surface area contributed by atoms with Crippen LogP contribution in [-0.2, 0) is 14.8 Å². The van der Waals surface area contributed by atoms with Gasteiger partial charge < -0.3 is 10.5 Å². The van der Waals surface area contributed by atoms with Crippen LogP contribution in [0, 0.1) is 0 Å². The second-order valence-corrected chi connectivity index (χ2v) is 7.59. The Morgan fingerprint density at radius 3 is 3.14 bits per heavy atom. The molecule has 0 aliphatic carbocycles. The molecule has 0 bridgehead atoms. The van der Waals surface area contributed by atoms with Crippen molar-refractivity contribution in [1.29, 1.82) is 0 Å². The van der Waals surface area contributed by atoms with Gasteiger partial charge in [0.05, 0.1) is 6.10 Å². The third-order valence-corrected chi connectivity index (χ3v) is 5.79. The Hall–Kier alpha value is -1.16. The Kier molecular flexibility index (Phi) is 4.16. The molecule has 2 aromatic heterocycles. The summed E-state index contributed by atoms with van der Waals surface area (Å²) in [5.74, 6) is 0.0308. The van der Waals surface area contributed by atoms with Crippen molar-refractivity contribution in [3.05, 3.63) is 11.6 Å². The fourth-order valence-corrected chi connectivity index (χ4v) is 4.54. The summed E-state index contributed by atoms with van der Waals surface area (Å²) in [5.41, 5.74) is 5.73. The van der Waals surface area contributed by atoms with Crippen LogP contribution >= 0.6 is 11.3 Å². The standard InChI is InChI=1S/C12H18N4O3S2/c13-10-11(16-6-8-20-12(16)15-10)21(17,18)14-5-4-9-3-1-2-7-19-9/h6,8-9,14H,1-5,7,13H2. The molecule has 1 aliphatic heterocycles. The van der Waals surface area contributed by atoms with Crippen LogP contribution in [0.1, 0.15) is 25.7 Å². The molecule has 1 saturated heterocycles. The van der Waals surface area contributed by atoms with Crippen LogP contribution in [-0.4, -0.2) is 37.1 Å². The van der Waals surface area contributed by atoms with Gasteiger partial charge in [-0.2, -0.15) is 0 Å². The number of fused-ring (bicyclic) bond motifs is 1. The predicted molar refractivity (Wildman–Crippen MR) is 80.9 cm³/mol. The highest BCUT2D eigenvalue weighted by Crippen LogP contribution is 2.23. The molecule has 0 radical (unpaired) electrons. The van der Waals surface area contributed by atoms with E-state index in [9.17, 15) is 8.42 Å². The van der Waals surface area contributed by atoms with E-state index in [1.807, 2.05) is 0 Å². The van der Waals surface area contributed by atoms with Crippen molar-refractivity contribution < 1.29 is 13.2 Å². The first-order valence-electron chi connectivity index (χ1n) is 6.90. The number of nitrogens with one attached hydrogen (secondary N) is 1. The maximum absolute atomic E-state index is 12.4. The normalized spacial score (nSPS) is 20.1. The minimum atomic E-state index is -3.67. The Bertz CT molecular complexity index is 716. The number of sulfonamides is 1. The van der Waals surface area contributed by atoms with Gasteiger partial charge in [0.1, 0.15) is 0 Å². The number of nitrogen functional groups attached to an aromatic ring is 1. The van der Waals surface area contributed by atoms with Crippen molar-refractivity contribution >= 4 is 32.1 Å². The first-order valence-corrected chi connectivity index (χ1v) is 9.26. The average Bonchev–Trinajstić information content (AvgIpc) is 2.99. The van der Waals surface area contributed by atoms with E-state index in [0.717, 1.165) is 25.9 Å². The number of anilines is 1. The van der Waals surface area contributed by atoms with Crippen LogP contribution in [0.2, 0.25) is 0 Å². The lowest BCUT2D eigenvalue weighted by atomic mass is 10.1. The summed E-state index contributed by atoms with van der Waals surface area (Å²) < 4.78 is 34.4. The molecule has 1 atom stereocenters. The van der Waals surface area contributed by atoms with Crippen LogP contribution in [0.25, 0.3) is 4.96 Å². The second kappa shape index (κ2) is 5.91. The fraction of sp³-hybridized carbons (Fsp3) is 0.583. The zero-order valence-corrected chi connectivity index (χ0v) is 13.1. The number of nitrogens with zero attached hydrogens (tertiary/aromatic N) is 2. The van der Waals surface area contributed by atoms with Gasteiger partial charge in [0.2, 0.25) is 0 Å². The Morgan fingerprint density at radius 2 is 2.38 bits per heavy atom. The Labute approximate surface area is 127 Å². The van der Waals surface area contributed by atoms with E-state index in [0.29, 0.717) is 17.9 Å². The molecule has 1 unspecified atom stereocenters. The van der Waals surface area contributed by atoms with Gasteiger partial charge >= 0.3 is 0 Å². The molecule has 2 aromatic rings. The van der Waals surface area contributed by atoms with Gasteiger partial charge in [-0.15, -0.1) is 11.3 Å². The van der Waals surface area contributed by atoms with E-state index in [1.54, 1.807) is 11.6 Å². The highest BCUT2D eigenvalue weighted by Gasteiger charge is 2.24. The summed E-state index contributed by atoms with van der Waals surface area (Å²) in [5, 5.41) is 1.79. The molecule has 0 amide bonds. The summed E-state index contributed by atoms with van der Waals surface area (Å²) in [4.78, 5) is 4.63. The minimum absolute atomic E-state index is 0.0170. The summed E-state index contributed by atoms with van der Waals surface area (Å²) >= 11 is 1.34. The van der Waals surface area contributed by atoms with Crippen LogP contribution in [0.15, 0.2) is 16.6 Å². The summed E-state index contributed by atoms with van der Waals surface area (Å²) in [6, 6.07) is 0. The number of ether oxygens (including phenoxy) is 1. The van der Waals surface area contributed by atoms with Gasteiger partial charge in [0.15, 0.2) is 15.8 Å². The zero-order chi connectivity index (χ0) is 14.9. The maximum Gasteiger partial charge on any atom is 0.260 e. The molecule has 0 spiro atoms. The molecule has 0 aromatic carbocycles. The molecule has 7 nitrogen and oxygen atoms in total. The lowest BCUT2D eigenvalue weighted by molar-refractivity contribution is 0.0123. The van der Waals surface area contributed by atoms with Crippen molar-refractivity contribution in [2.75, 3.05) is 18.9 Å². The molecule has 1 aliphatic rings. The van der Waals surface area contributed by atoms with Crippen molar-refractivity contribution in [1.82, 2.24) is 14.1 Å². The summed E-state index contributed by atoms with van der Waals surface area (Å²) in [6.07, 6.45) is 5.69. The van der Waals surface area contributed by atoms with E-state index in [-0.39, 0.29) is 16.9 Å². The van der Waals surface area contributed by atoms with Gasteiger partial charge in [-0.3, -0.25) is 4.40 Å². The summed E-state index contributed by atoms with van der Waals surface area (Å²) in [6.45, 7) is 1.10. The summed E-state index contributed by atoms with van der Waals surface area (Å²) in [7, 11) is -3.67. The number of thiazole rings is 1. The number of imidazole rings is 1. The average molecular weight is 330 g/mol. The number of rotatable bonds is 5. The first kappa shape index (κ1) is 14.8. The largest absolute Gasteiger partial charge is 0.381 e. The van der Waals surface area contributed by atoms with E-state index in [2.05, 4.69) is 9.71 Å². The van der Waals surface area contributed by atoms with Crippen molar-refractivity contribution in [2.45, 2.75) is 36.8 Å². The molecule has 3 N–H and O–H groups in total. The van der Waals surface area contributed by atoms with Gasteiger partial charge in [0, 0.05) is 24.7 Å². The Morgan fingerprint density at radius 1 is 1.52 bits per heavy atom. The second-order valence-electron chi connectivity index (χ2n) is 5.03. The third-order valence-electron chi connectivity index (χ3n) is 3.53. The smallest absolute Gasteiger partial charge is 0.260 e. The number of hydrogen-bond donors (Lipinski definition) is 2. The number of aromatic nitrogens is 2. The van der Waals surface area contributed by atoms with Crippen molar-refractivity contribution in [3.8, 4) is 0 Å². The van der Waals surface area contributed by atoms with E-state index >= 15 is 0 Å². The lowest BCUT2D eigenvalue weighted by Crippen LogP contribution is -2.30. The molecule has 3 heterocycles. The van der Waals surface area contributed by atoms with Crippen molar-refractivity contribution in [3.63, 3.8) is 0 Å². The third kappa shape index (κ3) is 3.05. The number of nitrogens with two attached hydrogens (primary N) is 1. The quantitative estimate of drug-likeness (QED) is 0.859. The van der Waals surface area contributed by atoms with Gasteiger partial charge in [-0.25, -0.2) is 18.1 Å². The molecule has 1 fully saturated rings. The van der Waals surface area contributed by atoms with E-state index in [1.165, 1.54) is 15.7 Å². The Balaban J connectivity index is 1.68.